The summed E-state index contributed by atoms with van der Waals surface area (Å²) in [6.07, 6.45) is -0.500. The van der Waals surface area contributed by atoms with E-state index >= 15 is 0 Å². The Morgan fingerprint density at radius 1 is 1.03 bits per heavy atom. The summed E-state index contributed by atoms with van der Waals surface area (Å²) in [5.74, 6) is -1.60. The molecular weight excluding hydrogens is 396 g/mol. The third kappa shape index (κ3) is 6.67. The molecule has 0 unspecified atom stereocenters. The minimum absolute atomic E-state index is 0.129. The lowest BCUT2D eigenvalue weighted by Crippen LogP contribution is -2.33. The molecule has 2 aliphatic heterocycles. The van der Waals surface area contributed by atoms with Gasteiger partial charge in [0.1, 0.15) is 0 Å². The molecule has 162 valence electrons. The molecule has 1 aromatic carbocycles. The van der Waals surface area contributed by atoms with Crippen LogP contribution in [0.5, 0.6) is 5.75 Å². The fourth-order valence-electron chi connectivity index (χ4n) is 3.25. The maximum absolute atomic E-state index is 13.8. The lowest BCUT2D eigenvalue weighted by molar-refractivity contribution is -0.275. The molecule has 29 heavy (non-hydrogen) atoms. The van der Waals surface area contributed by atoms with Crippen molar-refractivity contribution < 1.29 is 41.2 Å². The number of allylic oxidation sites excluding steroid dienone is 1. The predicted molar refractivity (Wildman–Crippen MR) is 94.4 cm³/mol. The van der Waals surface area contributed by atoms with Gasteiger partial charge in [-0.2, -0.15) is 0 Å². The Hall–Kier alpha value is -1.68. The highest BCUT2D eigenvalue weighted by atomic mass is 19.4. The van der Waals surface area contributed by atoms with Gasteiger partial charge in [0, 0.05) is 17.4 Å². The van der Waals surface area contributed by atoms with Crippen molar-refractivity contribution in [1.82, 2.24) is 0 Å². The Bertz CT molecular complexity index is 678. The second-order valence-corrected chi connectivity index (χ2v) is 7.06. The van der Waals surface area contributed by atoms with Crippen molar-refractivity contribution in [2.45, 2.75) is 38.7 Å². The van der Waals surface area contributed by atoms with Crippen LogP contribution in [0.15, 0.2) is 30.4 Å². The monoisotopic (exact) mass is 420 g/mol. The topological polar surface area (TPSA) is 46.2 Å². The highest BCUT2D eigenvalue weighted by molar-refractivity contribution is 5.30. The third-order valence-corrected chi connectivity index (χ3v) is 4.69. The molecule has 2 aliphatic rings. The van der Waals surface area contributed by atoms with Crippen LogP contribution < -0.4 is 4.74 Å². The first-order valence-corrected chi connectivity index (χ1v) is 9.48. The number of rotatable bonds is 6. The molecule has 3 rings (SSSR count). The van der Waals surface area contributed by atoms with Gasteiger partial charge in [0.25, 0.3) is 0 Å². The lowest BCUT2D eigenvalue weighted by Gasteiger charge is -2.32. The molecule has 0 aromatic heterocycles. The van der Waals surface area contributed by atoms with Gasteiger partial charge in [0.15, 0.2) is 24.1 Å². The van der Waals surface area contributed by atoms with Crippen LogP contribution in [0.1, 0.15) is 31.6 Å². The first-order valence-electron chi connectivity index (χ1n) is 9.48. The molecule has 0 bridgehead atoms. The van der Waals surface area contributed by atoms with Crippen LogP contribution in [-0.4, -0.2) is 39.1 Å². The third-order valence-electron chi connectivity index (χ3n) is 4.69. The van der Waals surface area contributed by atoms with Gasteiger partial charge in [-0.15, -0.1) is 13.2 Å². The van der Waals surface area contributed by atoms with Crippen LogP contribution in [0.4, 0.5) is 17.6 Å². The average Bonchev–Trinajstić information content (AvgIpc) is 2.69. The second kappa shape index (κ2) is 9.88. The second-order valence-electron chi connectivity index (χ2n) is 7.06. The molecule has 0 amide bonds. The van der Waals surface area contributed by atoms with Gasteiger partial charge in [-0.3, -0.25) is 0 Å². The molecule has 0 atom stereocenters. The van der Waals surface area contributed by atoms with E-state index in [1.54, 1.807) is 0 Å². The molecule has 5 nitrogen and oxygen atoms in total. The summed E-state index contributed by atoms with van der Waals surface area (Å²) in [7, 11) is 0. The van der Waals surface area contributed by atoms with Gasteiger partial charge >= 0.3 is 6.36 Å². The van der Waals surface area contributed by atoms with Gasteiger partial charge in [-0.25, -0.2) is 4.39 Å². The summed E-state index contributed by atoms with van der Waals surface area (Å²) in [6.45, 7) is 4.01. The zero-order valence-electron chi connectivity index (χ0n) is 16.0. The Morgan fingerprint density at radius 3 is 2.31 bits per heavy atom. The number of hydrogen-bond donors (Lipinski definition) is 0. The SMILES string of the molecule is C/C=C\[C@H]1CO[C@H](CCC2COC(c3ccc(OC(F)(F)F)c(F)c3)OC2)OC1. The predicted octanol–water partition coefficient (Wildman–Crippen LogP) is 4.73. The Kier molecular flexibility index (Phi) is 7.50. The molecule has 1 aromatic rings. The van der Waals surface area contributed by atoms with Crippen LogP contribution in [-0.2, 0) is 18.9 Å². The molecule has 0 N–H and O–H groups in total. The van der Waals surface area contributed by atoms with Crippen molar-refractivity contribution in [3.8, 4) is 5.75 Å². The van der Waals surface area contributed by atoms with Crippen molar-refractivity contribution in [2.75, 3.05) is 26.4 Å². The van der Waals surface area contributed by atoms with Crippen molar-refractivity contribution in [1.29, 1.82) is 0 Å². The zero-order valence-corrected chi connectivity index (χ0v) is 16.0. The van der Waals surface area contributed by atoms with Crippen molar-refractivity contribution in [3.05, 3.63) is 41.7 Å². The summed E-state index contributed by atoms with van der Waals surface area (Å²) in [5, 5.41) is 0. The van der Waals surface area contributed by atoms with Gasteiger partial charge in [0.05, 0.1) is 26.4 Å². The van der Waals surface area contributed by atoms with E-state index in [1.165, 1.54) is 6.07 Å². The highest BCUT2D eigenvalue weighted by Crippen LogP contribution is 2.32. The van der Waals surface area contributed by atoms with Gasteiger partial charge < -0.3 is 23.7 Å². The van der Waals surface area contributed by atoms with Gasteiger partial charge in [-0.1, -0.05) is 18.2 Å². The van der Waals surface area contributed by atoms with E-state index in [2.05, 4.69) is 10.8 Å². The molecule has 0 saturated carbocycles. The Balaban J connectivity index is 1.42. The summed E-state index contributed by atoms with van der Waals surface area (Å²) in [5.41, 5.74) is 0.296. The minimum atomic E-state index is -4.95. The molecule has 0 spiro atoms. The number of halogens is 4. The van der Waals surface area contributed by atoms with E-state index < -0.39 is 24.2 Å². The zero-order chi connectivity index (χ0) is 20.9. The van der Waals surface area contributed by atoms with E-state index in [0.29, 0.717) is 38.4 Å². The highest BCUT2D eigenvalue weighted by Gasteiger charge is 2.33. The first-order chi connectivity index (χ1) is 13.8. The molecule has 0 radical (unpaired) electrons. The van der Waals surface area contributed by atoms with Crippen LogP contribution in [0.2, 0.25) is 0 Å². The lowest BCUT2D eigenvalue weighted by atomic mass is 10.0. The van der Waals surface area contributed by atoms with Crippen LogP contribution in [0.25, 0.3) is 0 Å². The maximum atomic E-state index is 13.8. The number of hydrogen-bond acceptors (Lipinski definition) is 5. The normalized spacial score (nSPS) is 28.6. The largest absolute Gasteiger partial charge is 0.573 e. The minimum Gasteiger partial charge on any atom is -0.403 e. The Labute approximate surface area is 166 Å². The molecule has 2 heterocycles. The summed E-state index contributed by atoms with van der Waals surface area (Å²) < 4.78 is 76.8. The van der Waals surface area contributed by atoms with Crippen molar-refractivity contribution in [3.63, 3.8) is 0 Å². The number of benzene rings is 1. The maximum Gasteiger partial charge on any atom is 0.573 e. The van der Waals surface area contributed by atoms with Crippen molar-refractivity contribution in [2.24, 2.45) is 11.8 Å². The standard InChI is InChI=1S/C20H24F4O5/c1-2-3-13-9-25-18(26-10-13)7-4-14-11-27-19(28-12-14)15-5-6-17(16(21)8-15)29-20(22,23)24/h2-3,5-6,8,13-14,18-19H,4,7,9-12H2,1H3/b3-2-/t13-,14?,18-,19?. The molecule has 0 aliphatic carbocycles. The smallest absolute Gasteiger partial charge is 0.403 e. The van der Waals surface area contributed by atoms with E-state index in [4.69, 9.17) is 18.9 Å². The number of alkyl halides is 3. The number of ether oxygens (including phenoxy) is 5. The van der Waals surface area contributed by atoms with E-state index in [-0.39, 0.29) is 18.1 Å². The van der Waals surface area contributed by atoms with E-state index in [1.807, 2.05) is 13.0 Å². The average molecular weight is 420 g/mol. The van der Waals surface area contributed by atoms with Crippen LogP contribution in [0, 0.1) is 17.7 Å². The van der Waals surface area contributed by atoms with E-state index in [0.717, 1.165) is 18.6 Å². The van der Waals surface area contributed by atoms with Crippen LogP contribution >= 0.6 is 0 Å². The van der Waals surface area contributed by atoms with E-state index in [9.17, 15) is 17.6 Å². The molecule has 2 saturated heterocycles. The van der Waals surface area contributed by atoms with Crippen LogP contribution in [0.3, 0.4) is 0 Å². The first kappa shape index (κ1) is 22.0. The fourth-order valence-corrected chi connectivity index (χ4v) is 3.25. The van der Waals surface area contributed by atoms with Gasteiger partial charge in [0.2, 0.25) is 0 Å². The fraction of sp³-hybridized carbons (Fsp3) is 0.600. The summed E-state index contributed by atoms with van der Waals surface area (Å²) >= 11 is 0. The quantitative estimate of drug-likeness (QED) is 0.492. The molecule has 2 fully saturated rings. The summed E-state index contributed by atoms with van der Waals surface area (Å²) in [6, 6.07) is 3.13. The Morgan fingerprint density at radius 2 is 1.72 bits per heavy atom. The van der Waals surface area contributed by atoms with Gasteiger partial charge in [-0.05, 0) is 31.9 Å². The summed E-state index contributed by atoms with van der Waals surface area (Å²) in [4.78, 5) is 0. The van der Waals surface area contributed by atoms with Crippen molar-refractivity contribution >= 4 is 0 Å². The molecule has 9 heteroatoms. The molecular formula is C20H24F4O5.